The molecule has 214 valence electrons. The summed E-state index contributed by atoms with van der Waals surface area (Å²) in [6, 6.07) is 44.9. The maximum atomic E-state index is 13.2. The largest absolute Gasteiger partial charge is 0.325 e. The van der Waals surface area contributed by atoms with E-state index in [1.807, 2.05) is 77.2 Å². The van der Waals surface area contributed by atoms with Crippen molar-refractivity contribution in [3.05, 3.63) is 156 Å². The summed E-state index contributed by atoms with van der Waals surface area (Å²) in [6.45, 7) is 0.0778. The summed E-state index contributed by atoms with van der Waals surface area (Å²) in [5.41, 5.74) is 5.06. The number of benzene rings is 5. The van der Waals surface area contributed by atoms with Gasteiger partial charge >= 0.3 is 0 Å². The standard InChI is InChI=1S/C35H30IN5O2/c36-24-33(42)38-29-16-20-31(21-17-29)40-41-32-22-18-30(19-23-32)39-34(43)25-37-35(26-10-4-1-5-11-26,27-12-6-2-7-13-27)28-14-8-3-9-15-28/h1-23,37H,24-25H2,(H,38,42)(H,39,43). The molecule has 0 radical (unpaired) electrons. The quantitative estimate of drug-likeness (QED) is 0.0572. The predicted octanol–water partition coefficient (Wildman–Crippen LogP) is 8.00. The van der Waals surface area contributed by atoms with Crippen LogP contribution in [0.2, 0.25) is 0 Å². The number of amides is 2. The minimum atomic E-state index is -0.731. The van der Waals surface area contributed by atoms with Gasteiger partial charge in [0.1, 0.15) is 0 Å². The van der Waals surface area contributed by atoms with Crippen molar-refractivity contribution in [3.8, 4) is 0 Å². The lowest BCUT2D eigenvalue weighted by Gasteiger charge is -2.37. The van der Waals surface area contributed by atoms with E-state index in [0.29, 0.717) is 27.2 Å². The summed E-state index contributed by atoms with van der Waals surface area (Å²) in [4.78, 5) is 24.8. The van der Waals surface area contributed by atoms with Crippen LogP contribution in [0, 0.1) is 0 Å². The molecule has 5 aromatic carbocycles. The Labute approximate surface area is 264 Å². The first-order valence-corrected chi connectivity index (χ1v) is 15.3. The van der Waals surface area contributed by atoms with E-state index in [2.05, 4.69) is 62.6 Å². The third-order valence-electron chi connectivity index (χ3n) is 6.84. The van der Waals surface area contributed by atoms with Crippen LogP contribution < -0.4 is 16.0 Å². The number of hydrogen-bond acceptors (Lipinski definition) is 5. The highest BCUT2D eigenvalue weighted by Crippen LogP contribution is 2.36. The molecule has 0 fully saturated rings. The number of nitrogens with one attached hydrogen (secondary N) is 3. The maximum absolute atomic E-state index is 13.2. The van der Waals surface area contributed by atoms with Crippen LogP contribution in [0.3, 0.4) is 0 Å². The molecule has 5 rings (SSSR count). The van der Waals surface area contributed by atoms with Crippen LogP contribution in [-0.4, -0.2) is 22.8 Å². The summed E-state index contributed by atoms with van der Waals surface area (Å²) in [7, 11) is 0. The molecule has 0 aliphatic rings. The Balaban J connectivity index is 1.28. The van der Waals surface area contributed by atoms with E-state index in [4.69, 9.17) is 0 Å². The van der Waals surface area contributed by atoms with Gasteiger partial charge in [-0.1, -0.05) is 114 Å². The highest BCUT2D eigenvalue weighted by Gasteiger charge is 2.36. The van der Waals surface area contributed by atoms with Crippen molar-refractivity contribution in [3.63, 3.8) is 0 Å². The molecule has 0 bridgehead atoms. The SMILES string of the molecule is O=C(CI)Nc1ccc(N=Nc2ccc(NC(=O)CNC(c3ccccc3)(c3ccccc3)c3ccccc3)cc2)cc1. The molecule has 7 nitrogen and oxygen atoms in total. The number of azo groups is 1. The van der Waals surface area contributed by atoms with Crippen LogP contribution in [0.1, 0.15) is 16.7 Å². The van der Waals surface area contributed by atoms with Crippen LogP contribution >= 0.6 is 22.6 Å². The second-order valence-corrected chi connectivity index (χ2v) is 10.5. The van der Waals surface area contributed by atoms with Gasteiger partial charge < -0.3 is 10.6 Å². The Morgan fingerprint density at radius 3 is 1.28 bits per heavy atom. The number of rotatable bonds is 11. The lowest BCUT2D eigenvalue weighted by atomic mass is 9.77. The van der Waals surface area contributed by atoms with Crippen LogP contribution in [0.25, 0.3) is 0 Å². The molecule has 8 heteroatoms. The van der Waals surface area contributed by atoms with Gasteiger partial charge in [0.15, 0.2) is 0 Å². The molecule has 0 saturated carbocycles. The zero-order valence-corrected chi connectivity index (χ0v) is 25.4. The Kier molecular flexibility index (Phi) is 10.0. The maximum Gasteiger partial charge on any atom is 0.238 e. The van der Waals surface area contributed by atoms with E-state index in [1.54, 1.807) is 48.5 Å². The molecule has 0 unspecified atom stereocenters. The first-order chi connectivity index (χ1) is 21.1. The number of hydrogen-bond donors (Lipinski definition) is 3. The van der Waals surface area contributed by atoms with Crippen molar-refractivity contribution in [2.45, 2.75) is 5.54 Å². The Hall–Kier alpha value is -4.67. The van der Waals surface area contributed by atoms with Gasteiger partial charge in [0.05, 0.1) is 27.9 Å². The van der Waals surface area contributed by atoms with Gasteiger partial charge in [-0.25, -0.2) is 0 Å². The summed E-state index contributed by atoms with van der Waals surface area (Å²) >= 11 is 2.02. The fourth-order valence-corrected chi connectivity index (χ4v) is 5.01. The van der Waals surface area contributed by atoms with Crippen molar-refractivity contribution in [1.82, 2.24) is 5.32 Å². The average Bonchev–Trinajstić information content (AvgIpc) is 3.07. The first kappa shape index (κ1) is 29.8. The van der Waals surface area contributed by atoms with E-state index < -0.39 is 5.54 Å². The van der Waals surface area contributed by atoms with Gasteiger partial charge in [-0.2, -0.15) is 10.2 Å². The van der Waals surface area contributed by atoms with Gasteiger partial charge in [0.25, 0.3) is 0 Å². The summed E-state index contributed by atoms with van der Waals surface area (Å²) < 4.78 is 0.391. The van der Waals surface area contributed by atoms with Gasteiger partial charge in [-0.3, -0.25) is 14.9 Å². The molecular formula is C35H30IN5O2. The predicted molar refractivity (Wildman–Crippen MR) is 180 cm³/mol. The normalized spacial score (nSPS) is 11.3. The van der Waals surface area contributed by atoms with E-state index >= 15 is 0 Å². The van der Waals surface area contributed by atoms with Crippen LogP contribution in [0.5, 0.6) is 0 Å². The smallest absolute Gasteiger partial charge is 0.238 e. The molecular weight excluding hydrogens is 649 g/mol. The van der Waals surface area contributed by atoms with Crippen LogP contribution in [-0.2, 0) is 15.1 Å². The molecule has 0 saturated heterocycles. The van der Waals surface area contributed by atoms with Gasteiger partial charge in [0, 0.05) is 11.4 Å². The van der Waals surface area contributed by atoms with Crippen molar-refractivity contribution < 1.29 is 9.59 Å². The van der Waals surface area contributed by atoms with Crippen LogP contribution in [0.4, 0.5) is 22.7 Å². The summed E-state index contributed by atoms with van der Waals surface area (Å²) in [6.07, 6.45) is 0. The highest BCUT2D eigenvalue weighted by atomic mass is 127. The minimum absolute atomic E-state index is 0.0548. The van der Waals surface area contributed by atoms with E-state index in [9.17, 15) is 9.59 Å². The molecule has 0 spiro atoms. The number of carbonyl (C=O) groups is 2. The van der Waals surface area contributed by atoms with Gasteiger partial charge in [-0.05, 0) is 65.2 Å². The zero-order chi connectivity index (χ0) is 29.9. The second kappa shape index (κ2) is 14.5. The first-order valence-electron chi connectivity index (χ1n) is 13.8. The minimum Gasteiger partial charge on any atom is -0.325 e. The Morgan fingerprint density at radius 2 is 0.907 bits per heavy atom. The number of alkyl halides is 1. The van der Waals surface area contributed by atoms with Crippen molar-refractivity contribution in [2.75, 3.05) is 21.6 Å². The Morgan fingerprint density at radius 1 is 0.535 bits per heavy atom. The molecule has 43 heavy (non-hydrogen) atoms. The third kappa shape index (κ3) is 7.59. The topological polar surface area (TPSA) is 94.9 Å². The van der Waals surface area contributed by atoms with Crippen LogP contribution in [0.15, 0.2) is 150 Å². The number of halogens is 1. The van der Waals surface area contributed by atoms with Gasteiger partial charge in [0.2, 0.25) is 11.8 Å². The fraction of sp³-hybridized carbons (Fsp3) is 0.0857. The lowest BCUT2D eigenvalue weighted by Crippen LogP contribution is -2.47. The van der Waals surface area contributed by atoms with Crippen molar-refractivity contribution in [1.29, 1.82) is 0 Å². The molecule has 0 aliphatic heterocycles. The second-order valence-electron chi connectivity index (χ2n) is 9.73. The number of carbonyl (C=O) groups excluding carboxylic acids is 2. The van der Waals surface area contributed by atoms with Crippen molar-refractivity contribution >= 4 is 57.2 Å². The highest BCUT2D eigenvalue weighted by molar-refractivity contribution is 14.1. The molecule has 0 aromatic heterocycles. The summed E-state index contributed by atoms with van der Waals surface area (Å²) in [5, 5.41) is 17.9. The fourth-order valence-electron chi connectivity index (χ4n) is 4.82. The Bertz CT molecular complexity index is 1560. The molecule has 2 amide bonds. The number of anilines is 2. The van der Waals surface area contributed by atoms with E-state index in [-0.39, 0.29) is 18.4 Å². The lowest BCUT2D eigenvalue weighted by molar-refractivity contribution is -0.115. The van der Waals surface area contributed by atoms with E-state index in [0.717, 1.165) is 16.7 Å². The molecule has 0 atom stereocenters. The molecule has 0 aliphatic carbocycles. The zero-order valence-electron chi connectivity index (χ0n) is 23.3. The average molecular weight is 680 g/mol. The monoisotopic (exact) mass is 679 g/mol. The van der Waals surface area contributed by atoms with E-state index in [1.165, 1.54) is 0 Å². The van der Waals surface area contributed by atoms with Gasteiger partial charge in [-0.15, -0.1) is 0 Å². The molecule has 5 aromatic rings. The molecule has 3 N–H and O–H groups in total. The number of nitrogens with zero attached hydrogens (tertiary/aromatic N) is 2. The molecule has 0 heterocycles. The third-order valence-corrected chi connectivity index (χ3v) is 7.53. The summed E-state index contributed by atoms with van der Waals surface area (Å²) in [5.74, 6) is -0.225. The van der Waals surface area contributed by atoms with Crippen molar-refractivity contribution in [2.24, 2.45) is 10.2 Å².